The van der Waals surface area contributed by atoms with Crippen LogP contribution in [0.15, 0.2) is 0 Å². The van der Waals surface area contributed by atoms with Gasteiger partial charge in [0.2, 0.25) is 0 Å². The van der Waals surface area contributed by atoms with E-state index in [2.05, 4.69) is 15.0 Å². The Bertz CT molecular complexity index is 305. The molecule has 1 aromatic rings. The van der Waals surface area contributed by atoms with Gasteiger partial charge < -0.3 is 21.9 Å². The van der Waals surface area contributed by atoms with Crippen molar-refractivity contribution in [2.24, 2.45) is 0 Å². The van der Waals surface area contributed by atoms with Crippen LogP contribution >= 0.6 is 0 Å². The summed E-state index contributed by atoms with van der Waals surface area (Å²) < 4.78 is 10.4. The molecular formula is C8H15ClN4O2. The number of hydrogen-bond acceptors (Lipinski definition) is 5. The molecule has 0 aliphatic rings. The zero-order valence-corrected chi connectivity index (χ0v) is 10.2. The number of hydrogen-bond donors (Lipinski definition) is 0. The minimum Gasteiger partial charge on any atom is -1.00 e. The zero-order chi connectivity index (χ0) is 10.8. The predicted octanol–water partition coefficient (Wildman–Crippen LogP) is -2.91. The lowest BCUT2D eigenvalue weighted by Crippen LogP contribution is -3.00. The van der Waals surface area contributed by atoms with Crippen LogP contribution < -0.4 is 26.4 Å². The summed E-state index contributed by atoms with van der Waals surface area (Å²) in [4.78, 5) is 12.1. The summed E-state index contributed by atoms with van der Waals surface area (Å²) in [6, 6.07) is 0.528. The molecule has 0 aliphatic carbocycles. The van der Waals surface area contributed by atoms with Gasteiger partial charge in [-0.05, 0) is 0 Å². The Balaban J connectivity index is 0.00000196. The second kappa shape index (κ2) is 5.09. The van der Waals surface area contributed by atoms with Gasteiger partial charge in [0.15, 0.2) is 0 Å². The molecule has 6 nitrogen and oxygen atoms in total. The average Bonchev–Trinajstić information content (AvgIpc) is 2.15. The molecule has 1 rings (SSSR count). The molecule has 1 heterocycles. The fraction of sp³-hybridized carbons (Fsp3) is 0.625. The van der Waals surface area contributed by atoms with Crippen LogP contribution in [-0.2, 0) is 0 Å². The third-order valence-corrected chi connectivity index (χ3v) is 1.55. The van der Waals surface area contributed by atoms with E-state index in [4.69, 9.17) is 9.47 Å². The first-order valence-electron chi connectivity index (χ1n) is 4.13. The highest BCUT2D eigenvalue weighted by molar-refractivity contribution is 5.25. The average molecular weight is 235 g/mol. The minimum absolute atomic E-state index is 0. The Morgan fingerprint density at radius 1 is 0.867 bits per heavy atom. The Morgan fingerprint density at radius 3 is 1.53 bits per heavy atom. The lowest BCUT2D eigenvalue weighted by Gasteiger charge is -2.20. The number of rotatable bonds is 3. The van der Waals surface area contributed by atoms with Gasteiger partial charge >= 0.3 is 18.0 Å². The Hall–Kier alpha value is -1.14. The van der Waals surface area contributed by atoms with E-state index < -0.39 is 0 Å². The summed E-state index contributed by atoms with van der Waals surface area (Å²) in [5, 5.41) is 0. The minimum atomic E-state index is 0. The van der Waals surface area contributed by atoms with Crippen molar-refractivity contribution in [2.75, 3.05) is 35.4 Å². The maximum absolute atomic E-state index is 4.94. The summed E-state index contributed by atoms with van der Waals surface area (Å²) in [7, 11) is 8.87. The summed E-state index contributed by atoms with van der Waals surface area (Å²) in [5.41, 5.74) is 0. The second-order valence-electron chi connectivity index (χ2n) is 3.62. The fourth-order valence-corrected chi connectivity index (χ4v) is 0.810. The number of quaternary nitrogens is 1. The first kappa shape index (κ1) is 13.9. The molecule has 0 saturated carbocycles. The SMILES string of the molecule is COc1nc(OC)nc([N+](C)(C)C)n1.[Cl-]. The van der Waals surface area contributed by atoms with Crippen LogP contribution in [0.25, 0.3) is 0 Å². The fourth-order valence-electron chi connectivity index (χ4n) is 0.810. The molecule has 1 aromatic heterocycles. The third-order valence-electron chi connectivity index (χ3n) is 1.55. The zero-order valence-electron chi connectivity index (χ0n) is 9.48. The van der Waals surface area contributed by atoms with Gasteiger partial charge in [-0.3, -0.25) is 4.48 Å². The second-order valence-corrected chi connectivity index (χ2v) is 3.62. The summed E-state index contributed by atoms with van der Waals surface area (Å²) in [5.74, 6) is 0.591. The van der Waals surface area contributed by atoms with Gasteiger partial charge in [0.05, 0.1) is 35.4 Å². The maximum Gasteiger partial charge on any atom is 0.337 e. The van der Waals surface area contributed by atoms with Gasteiger partial charge in [0, 0.05) is 0 Å². The molecule has 86 valence electrons. The van der Waals surface area contributed by atoms with E-state index in [9.17, 15) is 0 Å². The van der Waals surface area contributed by atoms with E-state index in [0.717, 1.165) is 0 Å². The smallest absolute Gasteiger partial charge is 0.337 e. The molecule has 0 N–H and O–H groups in total. The van der Waals surface area contributed by atoms with Crippen molar-refractivity contribution >= 4 is 5.95 Å². The van der Waals surface area contributed by atoms with Crippen LogP contribution in [0.5, 0.6) is 12.0 Å². The lowest BCUT2D eigenvalue weighted by molar-refractivity contribution is -0.00000448. The maximum atomic E-state index is 4.94. The van der Waals surface area contributed by atoms with E-state index in [1.165, 1.54) is 14.2 Å². The van der Waals surface area contributed by atoms with Crippen molar-refractivity contribution in [3.05, 3.63) is 0 Å². The number of halogens is 1. The monoisotopic (exact) mass is 234 g/mol. The number of aromatic nitrogens is 3. The van der Waals surface area contributed by atoms with E-state index >= 15 is 0 Å². The molecule has 15 heavy (non-hydrogen) atoms. The molecule has 0 radical (unpaired) electrons. The van der Waals surface area contributed by atoms with Gasteiger partial charge in [-0.25, -0.2) is 0 Å². The summed E-state index contributed by atoms with van der Waals surface area (Å²) >= 11 is 0. The molecular weight excluding hydrogens is 220 g/mol. The molecule has 0 unspecified atom stereocenters. The Morgan fingerprint density at radius 2 is 1.27 bits per heavy atom. The molecule has 0 atom stereocenters. The van der Waals surface area contributed by atoms with Crippen molar-refractivity contribution < 1.29 is 21.9 Å². The third kappa shape index (κ3) is 3.49. The quantitative estimate of drug-likeness (QED) is 0.525. The summed E-state index contributed by atoms with van der Waals surface area (Å²) in [6.45, 7) is 0. The van der Waals surface area contributed by atoms with E-state index in [0.29, 0.717) is 10.4 Å². The van der Waals surface area contributed by atoms with Crippen molar-refractivity contribution in [3.8, 4) is 12.0 Å². The molecule has 0 aliphatic heterocycles. The highest BCUT2D eigenvalue weighted by Crippen LogP contribution is 2.16. The lowest BCUT2D eigenvalue weighted by atomic mass is 10.6. The summed E-state index contributed by atoms with van der Waals surface area (Å²) in [6.07, 6.45) is 0. The van der Waals surface area contributed by atoms with Gasteiger partial charge in [-0.2, -0.15) is 0 Å². The van der Waals surface area contributed by atoms with Gasteiger partial charge in [0.25, 0.3) is 0 Å². The first-order chi connectivity index (χ1) is 6.47. The molecule has 0 amide bonds. The number of methoxy groups -OCH3 is 2. The van der Waals surface area contributed by atoms with Gasteiger partial charge in [-0.1, -0.05) is 0 Å². The first-order valence-corrected chi connectivity index (χ1v) is 4.13. The predicted molar refractivity (Wildman–Crippen MR) is 52.5 cm³/mol. The molecule has 0 saturated heterocycles. The van der Waals surface area contributed by atoms with Crippen molar-refractivity contribution in [2.45, 2.75) is 0 Å². The molecule has 0 aromatic carbocycles. The topological polar surface area (TPSA) is 57.1 Å². The van der Waals surface area contributed by atoms with Crippen LogP contribution in [0.4, 0.5) is 5.95 Å². The van der Waals surface area contributed by atoms with Gasteiger partial charge in [-0.15, -0.1) is 15.0 Å². The number of ether oxygens (including phenoxy) is 2. The largest absolute Gasteiger partial charge is 1.00 e. The van der Waals surface area contributed by atoms with Gasteiger partial charge in [0.1, 0.15) is 0 Å². The Labute approximate surface area is 95.3 Å². The molecule has 0 fully saturated rings. The molecule has 0 bridgehead atoms. The van der Waals surface area contributed by atoms with Crippen LogP contribution in [0, 0.1) is 0 Å². The van der Waals surface area contributed by atoms with Crippen molar-refractivity contribution in [1.82, 2.24) is 19.4 Å². The van der Waals surface area contributed by atoms with Crippen LogP contribution in [0.2, 0.25) is 0 Å². The van der Waals surface area contributed by atoms with E-state index in [1.54, 1.807) is 0 Å². The van der Waals surface area contributed by atoms with E-state index in [1.807, 2.05) is 21.1 Å². The van der Waals surface area contributed by atoms with Crippen molar-refractivity contribution in [3.63, 3.8) is 0 Å². The standard InChI is InChI=1S/C8H15N4O2.ClH/c1-12(2,3)6-9-7(13-4)11-8(10-6)14-5;/h1-5H3;1H/q+1;/p-1. The Kier molecular flexibility index (Phi) is 4.70. The normalized spacial score (nSPS) is 10.5. The number of nitrogens with zero attached hydrogens (tertiary/aromatic N) is 4. The molecule has 7 heteroatoms. The van der Waals surface area contributed by atoms with Crippen LogP contribution in [0.1, 0.15) is 0 Å². The highest BCUT2D eigenvalue weighted by Gasteiger charge is 2.20. The van der Waals surface area contributed by atoms with E-state index in [-0.39, 0.29) is 24.4 Å². The molecule has 0 spiro atoms. The highest BCUT2D eigenvalue weighted by atomic mass is 35.5. The van der Waals surface area contributed by atoms with Crippen LogP contribution in [-0.4, -0.2) is 50.3 Å². The van der Waals surface area contributed by atoms with Crippen LogP contribution in [0.3, 0.4) is 0 Å². The van der Waals surface area contributed by atoms with Crippen molar-refractivity contribution in [1.29, 1.82) is 0 Å².